The molecule has 35 heavy (non-hydrogen) atoms. The molecule has 4 nitrogen and oxygen atoms in total. The quantitative estimate of drug-likeness (QED) is 0.475. The van der Waals surface area contributed by atoms with Gasteiger partial charge in [0, 0.05) is 23.1 Å². The lowest BCUT2D eigenvalue weighted by atomic mass is 9.16. The maximum absolute atomic E-state index is 11.9. The van der Waals surface area contributed by atoms with E-state index in [-0.39, 0.29) is 10.5 Å². The Labute approximate surface area is 219 Å². The molecule has 9 saturated carbocycles. The fourth-order valence-corrected chi connectivity index (χ4v) is 15.2. The van der Waals surface area contributed by atoms with E-state index in [1.807, 2.05) is 23.5 Å². The molecule has 0 aliphatic heterocycles. The number of rotatable bonds is 8. The molecule has 9 aliphatic rings. The zero-order valence-electron chi connectivity index (χ0n) is 21.5. The second-order valence-electron chi connectivity index (χ2n) is 13.7. The van der Waals surface area contributed by atoms with E-state index in [4.69, 9.17) is 11.5 Å². The summed E-state index contributed by atoms with van der Waals surface area (Å²) in [6.45, 7) is 8.53. The van der Waals surface area contributed by atoms with Crippen LogP contribution in [-0.4, -0.2) is 46.2 Å². The van der Waals surface area contributed by atoms with Crippen molar-refractivity contribution in [3.05, 3.63) is 0 Å². The average molecular weight is 517 g/mol. The second-order valence-corrected chi connectivity index (χ2v) is 16.7. The maximum atomic E-state index is 11.9. The second kappa shape index (κ2) is 8.23. The van der Waals surface area contributed by atoms with Crippen LogP contribution in [0.2, 0.25) is 0 Å². The minimum Gasteiger partial charge on any atom is -0.329 e. The highest BCUT2D eigenvalue weighted by Crippen LogP contribution is 2.91. The van der Waals surface area contributed by atoms with Crippen LogP contribution in [0.5, 0.6) is 0 Å². The Morgan fingerprint density at radius 1 is 0.857 bits per heavy atom. The molecular formula is C29H44N2O2S2. The summed E-state index contributed by atoms with van der Waals surface area (Å²) in [5.41, 5.74) is 12.1. The van der Waals surface area contributed by atoms with Gasteiger partial charge in [0.15, 0.2) is 0 Å². The Morgan fingerprint density at radius 2 is 1.51 bits per heavy atom. The topological polar surface area (TPSA) is 86.2 Å². The predicted molar refractivity (Wildman–Crippen MR) is 144 cm³/mol. The molecule has 4 N–H and O–H groups in total. The third-order valence-electron chi connectivity index (χ3n) is 13.1. The van der Waals surface area contributed by atoms with Crippen molar-refractivity contribution in [1.29, 1.82) is 0 Å². The van der Waals surface area contributed by atoms with E-state index < -0.39 is 0 Å². The largest absolute Gasteiger partial charge is 0.329 e. The normalized spacial score (nSPS) is 60.0. The first-order chi connectivity index (χ1) is 16.9. The van der Waals surface area contributed by atoms with Crippen LogP contribution in [0.1, 0.15) is 46.5 Å². The van der Waals surface area contributed by atoms with Gasteiger partial charge in [-0.05, 0) is 89.3 Å². The zero-order chi connectivity index (χ0) is 24.4. The van der Waals surface area contributed by atoms with Gasteiger partial charge in [0.05, 0.1) is 10.5 Å². The van der Waals surface area contributed by atoms with Crippen molar-refractivity contribution in [2.24, 2.45) is 94.3 Å². The Kier molecular flexibility index (Phi) is 5.65. The smallest absolute Gasteiger partial charge is 0.134 e. The predicted octanol–water partition coefficient (Wildman–Crippen LogP) is 3.95. The number of nitrogens with two attached hydrogens (primary N) is 2. The van der Waals surface area contributed by atoms with Crippen molar-refractivity contribution in [1.82, 2.24) is 0 Å². The molecule has 0 heterocycles. The van der Waals surface area contributed by atoms with E-state index in [2.05, 4.69) is 20.8 Å². The number of carbonyl (C=O) groups excluding carboxylic acids is 2. The molecule has 6 heteroatoms. The highest BCUT2D eigenvalue weighted by atomic mass is 32.2. The molecule has 0 amide bonds. The van der Waals surface area contributed by atoms with Crippen molar-refractivity contribution in [2.45, 2.75) is 67.0 Å². The van der Waals surface area contributed by atoms with Crippen LogP contribution in [0.15, 0.2) is 0 Å². The molecular weight excluding hydrogens is 472 g/mol. The lowest BCUT2D eigenvalue weighted by Crippen LogP contribution is -2.89. The summed E-state index contributed by atoms with van der Waals surface area (Å²) < 4.78 is 0.301. The van der Waals surface area contributed by atoms with Gasteiger partial charge < -0.3 is 21.1 Å². The van der Waals surface area contributed by atoms with Gasteiger partial charge in [-0.15, -0.1) is 23.5 Å². The highest BCUT2D eigenvalue weighted by Gasteiger charge is 2.89. The van der Waals surface area contributed by atoms with Crippen molar-refractivity contribution >= 4 is 36.1 Å². The summed E-state index contributed by atoms with van der Waals surface area (Å²) in [5, 5.41) is 0.538. The SMILES string of the molecule is CC1CCC[C@H]2C[C@H]2[C@]2(SC(C=O)CN)C(C)C3C4C5C6C(C1C)C(SC(C=O)CN)[C@@H]6[C@@H]5C4[C@H]32. The molecule has 12 unspecified atom stereocenters. The first kappa shape index (κ1) is 24.0. The summed E-state index contributed by atoms with van der Waals surface area (Å²) >= 11 is 3.96. The summed E-state index contributed by atoms with van der Waals surface area (Å²) in [5.74, 6) is 11.8. The lowest BCUT2D eigenvalue weighted by Gasteiger charge is -2.90. The Balaban J connectivity index is 1.22. The maximum Gasteiger partial charge on any atom is 0.134 e. The molecule has 0 aromatic heterocycles. The van der Waals surface area contributed by atoms with Gasteiger partial charge in [-0.3, -0.25) is 0 Å². The van der Waals surface area contributed by atoms with Crippen LogP contribution >= 0.6 is 23.5 Å². The van der Waals surface area contributed by atoms with Crippen LogP contribution in [-0.2, 0) is 9.59 Å². The summed E-state index contributed by atoms with van der Waals surface area (Å²) in [7, 11) is 0. The van der Waals surface area contributed by atoms with Gasteiger partial charge in [0.1, 0.15) is 12.6 Å². The Hall–Kier alpha value is -0.0400. The molecule has 194 valence electrons. The minimum atomic E-state index is -0.0441. The Morgan fingerprint density at radius 3 is 2.20 bits per heavy atom. The van der Waals surface area contributed by atoms with Crippen molar-refractivity contribution in [3.8, 4) is 0 Å². The number of aldehydes is 2. The summed E-state index contributed by atoms with van der Waals surface area (Å²) in [6.07, 6.45) is 7.69. The molecule has 0 aromatic carbocycles. The van der Waals surface area contributed by atoms with E-state index in [0.29, 0.717) is 23.1 Å². The zero-order valence-corrected chi connectivity index (χ0v) is 23.1. The molecule has 9 fully saturated rings. The molecule has 9 rings (SSSR count). The van der Waals surface area contributed by atoms with E-state index in [9.17, 15) is 9.59 Å². The fraction of sp³-hybridized carbons (Fsp3) is 0.931. The molecule has 18 atom stereocenters. The number of hydrogen-bond acceptors (Lipinski definition) is 6. The third kappa shape index (κ3) is 2.82. The van der Waals surface area contributed by atoms with E-state index in [1.54, 1.807) is 0 Å². The standard InChI is InChI=1S/C29H44N2O2S2/c1-12-5-4-6-15-7-18(15)29(35-17(9-31)11-33)14(3)20-22-23-21-19(13(12)2)28(34-16(8-30)10-32)26(21)24(23)25(22)27(20)29/h10-28H,4-9,30-31H2,1-3H3/t12?,13?,14?,15-,16?,17?,18+,19?,20?,21?,22?,23?,24-,25?,26-,27-,28?,29+/m0/s1. The van der Waals surface area contributed by atoms with Crippen molar-refractivity contribution in [2.75, 3.05) is 13.1 Å². The van der Waals surface area contributed by atoms with Gasteiger partial charge in [0.25, 0.3) is 0 Å². The third-order valence-corrected chi connectivity index (χ3v) is 16.7. The van der Waals surface area contributed by atoms with Gasteiger partial charge in [0.2, 0.25) is 0 Å². The first-order valence-corrected chi connectivity index (χ1v) is 16.4. The molecule has 0 saturated heterocycles. The van der Waals surface area contributed by atoms with Gasteiger partial charge in [-0.1, -0.05) is 40.0 Å². The monoisotopic (exact) mass is 516 g/mol. The van der Waals surface area contributed by atoms with Crippen LogP contribution < -0.4 is 11.5 Å². The first-order valence-electron chi connectivity index (χ1n) is 14.6. The minimum absolute atomic E-state index is 0.0437. The van der Waals surface area contributed by atoms with E-state index in [1.165, 1.54) is 25.7 Å². The van der Waals surface area contributed by atoms with E-state index >= 15 is 0 Å². The van der Waals surface area contributed by atoms with E-state index in [0.717, 1.165) is 95.4 Å². The van der Waals surface area contributed by atoms with Gasteiger partial charge in [-0.2, -0.15) is 0 Å². The Bertz CT molecular complexity index is 902. The van der Waals surface area contributed by atoms with Gasteiger partial charge >= 0.3 is 0 Å². The fourth-order valence-electron chi connectivity index (χ4n) is 11.5. The van der Waals surface area contributed by atoms with Crippen LogP contribution in [0.25, 0.3) is 0 Å². The van der Waals surface area contributed by atoms with Crippen LogP contribution in [0.4, 0.5) is 0 Å². The number of thioether (sulfide) groups is 2. The van der Waals surface area contributed by atoms with Crippen molar-refractivity contribution in [3.63, 3.8) is 0 Å². The van der Waals surface area contributed by atoms with Crippen LogP contribution in [0.3, 0.4) is 0 Å². The highest BCUT2D eigenvalue weighted by molar-refractivity contribution is 8.02. The van der Waals surface area contributed by atoms with Crippen molar-refractivity contribution < 1.29 is 9.59 Å². The average Bonchev–Trinajstić information content (AvgIpc) is 3.61. The summed E-state index contributed by atoms with van der Waals surface area (Å²) in [6, 6.07) is 0. The lowest BCUT2D eigenvalue weighted by molar-refractivity contribution is -0.399. The number of hydrogen-bond donors (Lipinski definition) is 2. The molecule has 0 radical (unpaired) electrons. The summed E-state index contributed by atoms with van der Waals surface area (Å²) in [4.78, 5) is 23.7. The van der Waals surface area contributed by atoms with Crippen LogP contribution in [0, 0.1) is 82.9 Å². The number of carbonyl (C=O) groups is 2. The molecule has 9 aliphatic carbocycles. The number of fused-ring (bicyclic) bond motifs is 1. The molecule has 6 bridgehead atoms. The van der Waals surface area contributed by atoms with Gasteiger partial charge in [-0.25, -0.2) is 0 Å². The molecule has 0 spiro atoms. The molecule has 0 aromatic rings.